The Labute approximate surface area is 152 Å². The number of oxime groups is 1. The SMILES string of the molecule is O=C(NCCc1cccc2ccccc12)[C@@H]1CC(c2ccccc2)=NO1. The Kier molecular flexibility index (Phi) is 4.65. The summed E-state index contributed by atoms with van der Waals surface area (Å²) in [5.74, 6) is -0.111. The summed E-state index contributed by atoms with van der Waals surface area (Å²) in [7, 11) is 0. The van der Waals surface area contributed by atoms with Gasteiger partial charge in [-0.3, -0.25) is 4.79 Å². The van der Waals surface area contributed by atoms with Gasteiger partial charge >= 0.3 is 0 Å². The molecule has 1 heterocycles. The van der Waals surface area contributed by atoms with Crippen molar-refractivity contribution in [3.05, 3.63) is 83.9 Å². The second-order valence-corrected chi connectivity index (χ2v) is 6.38. The number of hydrogen-bond acceptors (Lipinski definition) is 3. The first-order valence-electron chi connectivity index (χ1n) is 8.84. The van der Waals surface area contributed by atoms with E-state index in [9.17, 15) is 4.79 Å². The molecule has 1 amide bonds. The van der Waals surface area contributed by atoms with Gasteiger partial charge in [0.1, 0.15) is 0 Å². The van der Waals surface area contributed by atoms with E-state index in [1.807, 2.05) is 42.5 Å². The van der Waals surface area contributed by atoms with Crippen molar-refractivity contribution in [2.24, 2.45) is 5.16 Å². The molecule has 0 aromatic heterocycles. The van der Waals surface area contributed by atoms with Gasteiger partial charge in [-0.25, -0.2) is 0 Å². The van der Waals surface area contributed by atoms with E-state index in [-0.39, 0.29) is 5.91 Å². The van der Waals surface area contributed by atoms with Gasteiger partial charge in [0.15, 0.2) is 0 Å². The molecular weight excluding hydrogens is 324 g/mol. The molecule has 0 fully saturated rings. The zero-order valence-corrected chi connectivity index (χ0v) is 14.4. The fourth-order valence-electron chi connectivity index (χ4n) is 3.26. The average molecular weight is 344 g/mol. The van der Waals surface area contributed by atoms with Gasteiger partial charge in [-0.1, -0.05) is 78.0 Å². The summed E-state index contributed by atoms with van der Waals surface area (Å²) < 4.78 is 0. The zero-order valence-electron chi connectivity index (χ0n) is 14.4. The molecule has 4 nitrogen and oxygen atoms in total. The van der Waals surface area contributed by atoms with Crippen molar-refractivity contribution in [1.29, 1.82) is 0 Å². The maximum Gasteiger partial charge on any atom is 0.264 e. The summed E-state index contributed by atoms with van der Waals surface area (Å²) >= 11 is 0. The van der Waals surface area contributed by atoms with Crippen LogP contribution in [0.3, 0.4) is 0 Å². The maximum absolute atomic E-state index is 12.4. The summed E-state index contributed by atoms with van der Waals surface area (Å²) in [5.41, 5.74) is 3.05. The minimum Gasteiger partial charge on any atom is -0.382 e. The number of carbonyl (C=O) groups is 1. The van der Waals surface area contributed by atoms with Crippen molar-refractivity contribution in [3.8, 4) is 0 Å². The molecule has 1 atom stereocenters. The highest BCUT2D eigenvalue weighted by molar-refractivity contribution is 6.04. The van der Waals surface area contributed by atoms with Crippen molar-refractivity contribution >= 4 is 22.4 Å². The Morgan fingerprint density at radius 3 is 2.65 bits per heavy atom. The first kappa shape index (κ1) is 16.3. The molecule has 0 saturated carbocycles. The summed E-state index contributed by atoms with van der Waals surface area (Å²) in [6.07, 6.45) is 0.744. The molecule has 3 aromatic rings. The first-order valence-corrected chi connectivity index (χ1v) is 8.84. The number of amides is 1. The number of fused-ring (bicyclic) bond motifs is 1. The molecule has 0 aliphatic carbocycles. The van der Waals surface area contributed by atoms with Crippen molar-refractivity contribution in [2.75, 3.05) is 6.54 Å². The normalized spacial score (nSPS) is 16.2. The molecule has 130 valence electrons. The van der Waals surface area contributed by atoms with E-state index >= 15 is 0 Å². The van der Waals surface area contributed by atoms with Crippen molar-refractivity contribution in [2.45, 2.75) is 18.9 Å². The third kappa shape index (κ3) is 3.45. The molecule has 26 heavy (non-hydrogen) atoms. The first-order chi connectivity index (χ1) is 12.8. The smallest absolute Gasteiger partial charge is 0.264 e. The number of carbonyl (C=O) groups excluding carboxylic acids is 1. The fraction of sp³-hybridized carbons (Fsp3) is 0.182. The minimum absolute atomic E-state index is 0.111. The second kappa shape index (κ2) is 7.40. The van der Waals surface area contributed by atoms with Crippen LogP contribution in [0.5, 0.6) is 0 Å². The van der Waals surface area contributed by atoms with Gasteiger partial charge in [-0.05, 0) is 28.3 Å². The van der Waals surface area contributed by atoms with Gasteiger partial charge in [-0.2, -0.15) is 0 Å². The molecule has 0 saturated heterocycles. The highest BCUT2D eigenvalue weighted by Gasteiger charge is 2.28. The van der Waals surface area contributed by atoms with E-state index < -0.39 is 6.10 Å². The number of hydrogen-bond donors (Lipinski definition) is 1. The predicted molar refractivity (Wildman–Crippen MR) is 103 cm³/mol. The van der Waals surface area contributed by atoms with Crippen LogP contribution in [0.2, 0.25) is 0 Å². The second-order valence-electron chi connectivity index (χ2n) is 6.38. The van der Waals surface area contributed by atoms with Crippen LogP contribution < -0.4 is 5.32 Å². The van der Waals surface area contributed by atoms with E-state index in [2.05, 4.69) is 40.8 Å². The summed E-state index contributed by atoms with van der Waals surface area (Å²) in [6, 6.07) is 24.4. The van der Waals surface area contributed by atoms with E-state index in [1.54, 1.807) is 0 Å². The molecule has 0 spiro atoms. The average Bonchev–Trinajstić information content (AvgIpc) is 3.19. The minimum atomic E-state index is -0.544. The predicted octanol–water partition coefficient (Wildman–Crippen LogP) is 3.69. The molecule has 4 rings (SSSR count). The van der Waals surface area contributed by atoms with Gasteiger partial charge in [0, 0.05) is 13.0 Å². The molecule has 0 unspecified atom stereocenters. The summed E-state index contributed by atoms with van der Waals surface area (Å²) in [6.45, 7) is 0.577. The Morgan fingerprint density at radius 1 is 1.00 bits per heavy atom. The van der Waals surface area contributed by atoms with E-state index in [0.717, 1.165) is 17.7 Å². The molecule has 1 aliphatic rings. The molecule has 0 radical (unpaired) electrons. The number of nitrogens with zero attached hydrogens (tertiary/aromatic N) is 1. The van der Waals surface area contributed by atoms with Crippen LogP contribution in [-0.2, 0) is 16.1 Å². The van der Waals surface area contributed by atoms with Crippen LogP contribution in [0.1, 0.15) is 17.5 Å². The monoisotopic (exact) mass is 344 g/mol. The van der Waals surface area contributed by atoms with E-state index in [4.69, 9.17) is 4.84 Å². The van der Waals surface area contributed by atoms with Crippen molar-refractivity contribution in [1.82, 2.24) is 5.32 Å². The van der Waals surface area contributed by atoms with Gasteiger partial charge in [-0.15, -0.1) is 0 Å². The van der Waals surface area contributed by atoms with E-state index in [1.165, 1.54) is 16.3 Å². The summed E-state index contributed by atoms with van der Waals surface area (Å²) in [4.78, 5) is 17.7. The van der Waals surface area contributed by atoms with Gasteiger partial charge in [0.25, 0.3) is 5.91 Å². The lowest BCUT2D eigenvalue weighted by atomic mass is 10.0. The Bertz CT molecular complexity index is 945. The topological polar surface area (TPSA) is 50.7 Å². The lowest BCUT2D eigenvalue weighted by Crippen LogP contribution is -2.36. The quantitative estimate of drug-likeness (QED) is 0.767. The third-order valence-corrected chi connectivity index (χ3v) is 4.64. The van der Waals surface area contributed by atoms with Crippen LogP contribution >= 0.6 is 0 Å². The van der Waals surface area contributed by atoms with E-state index in [0.29, 0.717) is 13.0 Å². The Hall–Kier alpha value is -3.14. The van der Waals surface area contributed by atoms with Crippen LogP contribution in [-0.4, -0.2) is 24.3 Å². The number of rotatable bonds is 5. The van der Waals surface area contributed by atoms with Gasteiger partial charge < -0.3 is 10.2 Å². The van der Waals surface area contributed by atoms with Crippen molar-refractivity contribution < 1.29 is 9.63 Å². The zero-order chi connectivity index (χ0) is 17.8. The lowest BCUT2D eigenvalue weighted by molar-refractivity contribution is -0.131. The fourth-order valence-corrected chi connectivity index (χ4v) is 3.26. The van der Waals surface area contributed by atoms with Crippen molar-refractivity contribution in [3.63, 3.8) is 0 Å². The van der Waals surface area contributed by atoms with Crippen LogP contribution in [0.15, 0.2) is 78.0 Å². The standard InChI is InChI=1S/C22H20N2O2/c25-22(21-15-20(24-26-21)18-8-2-1-3-9-18)23-14-13-17-11-6-10-16-7-4-5-12-19(16)17/h1-12,21H,13-15H2,(H,23,25)/t21-/m0/s1. The third-order valence-electron chi connectivity index (χ3n) is 4.64. The molecule has 1 N–H and O–H groups in total. The molecular formula is C22H20N2O2. The molecule has 1 aliphatic heterocycles. The van der Waals surface area contributed by atoms with Crippen LogP contribution in [0.25, 0.3) is 10.8 Å². The van der Waals surface area contributed by atoms with Gasteiger partial charge in [0.2, 0.25) is 6.10 Å². The highest BCUT2D eigenvalue weighted by Crippen LogP contribution is 2.19. The van der Waals surface area contributed by atoms with Crippen LogP contribution in [0, 0.1) is 0 Å². The summed E-state index contributed by atoms with van der Waals surface area (Å²) in [5, 5.41) is 9.50. The molecule has 0 bridgehead atoms. The van der Waals surface area contributed by atoms with Gasteiger partial charge in [0.05, 0.1) is 5.71 Å². The highest BCUT2D eigenvalue weighted by atomic mass is 16.6. The van der Waals surface area contributed by atoms with Crippen LogP contribution in [0.4, 0.5) is 0 Å². The largest absolute Gasteiger partial charge is 0.382 e. The number of nitrogens with one attached hydrogen (secondary N) is 1. The number of benzene rings is 3. The Balaban J connectivity index is 1.32. The molecule has 4 heteroatoms. The molecule has 3 aromatic carbocycles. The maximum atomic E-state index is 12.4. The lowest BCUT2D eigenvalue weighted by Gasteiger charge is -2.11. The Morgan fingerprint density at radius 2 is 1.77 bits per heavy atom.